The summed E-state index contributed by atoms with van der Waals surface area (Å²) in [6.45, 7) is 1.23. The second-order valence-corrected chi connectivity index (χ2v) is 6.90. The number of amides is 2. The van der Waals surface area contributed by atoms with Crippen LogP contribution in [0, 0.1) is 0 Å². The van der Waals surface area contributed by atoms with Gasteiger partial charge in [0.2, 0.25) is 0 Å². The van der Waals surface area contributed by atoms with Crippen LogP contribution in [-0.4, -0.2) is 50.1 Å². The molecule has 2 aromatic rings. The van der Waals surface area contributed by atoms with E-state index in [1.165, 1.54) is 11.3 Å². The first-order valence-electron chi connectivity index (χ1n) is 8.46. The summed E-state index contributed by atoms with van der Waals surface area (Å²) in [5.74, 6) is 1.06. The average Bonchev–Trinajstić information content (AvgIpc) is 3.22. The molecule has 0 saturated carbocycles. The van der Waals surface area contributed by atoms with Gasteiger partial charge in [-0.1, -0.05) is 0 Å². The summed E-state index contributed by atoms with van der Waals surface area (Å²) in [4.78, 5) is 26.7. The molecule has 0 radical (unpaired) electrons. The number of nitrogens with one attached hydrogen (secondary N) is 1. The molecule has 1 fully saturated rings. The molecule has 0 unspecified atom stereocenters. The second-order valence-electron chi connectivity index (χ2n) is 6.12. The number of benzene rings is 1. The van der Waals surface area contributed by atoms with E-state index < -0.39 is 0 Å². The van der Waals surface area contributed by atoms with Crippen molar-refractivity contribution >= 4 is 23.2 Å². The first-order valence-corrected chi connectivity index (χ1v) is 9.41. The number of thiophene rings is 1. The third-order valence-corrected chi connectivity index (χ3v) is 5.21. The van der Waals surface area contributed by atoms with Crippen LogP contribution in [0.5, 0.6) is 11.5 Å². The van der Waals surface area contributed by atoms with Gasteiger partial charge in [-0.15, -0.1) is 0 Å². The lowest BCUT2D eigenvalue weighted by Crippen LogP contribution is -2.46. The predicted molar refractivity (Wildman–Crippen MR) is 100 cm³/mol. The van der Waals surface area contributed by atoms with Crippen molar-refractivity contribution < 1.29 is 19.1 Å². The van der Waals surface area contributed by atoms with Crippen molar-refractivity contribution in [3.8, 4) is 11.5 Å². The summed E-state index contributed by atoms with van der Waals surface area (Å²) in [6, 6.07) is 7.09. The molecule has 2 heterocycles. The maximum Gasteiger partial charge on any atom is 0.253 e. The van der Waals surface area contributed by atoms with E-state index in [0.717, 1.165) is 12.8 Å². The Hall–Kier alpha value is -2.54. The van der Waals surface area contributed by atoms with Gasteiger partial charge in [0.25, 0.3) is 11.8 Å². The van der Waals surface area contributed by atoms with Crippen LogP contribution in [0.25, 0.3) is 0 Å². The van der Waals surface area contributed by atoms with E-state index in [4.69, 9.17) is 9.47 Å². The Labute approximate surface area is 156 Å². The number of hydrogen-bond acceptors (Lipinski definition) is 5. The summed E-state index contributed by atoms with van der Waals surface area (Å²) in [5, 5.41) is 6.77. The van der Waals surface area contributed by atoms with Crippen molar-refractivity contribution in [2.24, 2.45) is 0 Å². The minimum Gasteiger partial charge on any atom is -0.493 e. The molecule has 0 spiro atoms. The van der Waals surface area contributed by atoms with Gasteiger partial charge in [-0.25, -0.2) is 0 Å². The SMILES string of the molecule is COc1ccc(C(=O)N2CCC(NC(=O)c3ccsc3)CC2)cc1OC. The Morgan fingerprint density at radius 2 is 1.81 bits per heavy atom. The first kappa shape index (κ1) is 18.3. The second kappa shape index (κ2) is 8.23. The van der Waals surface area contributed by atoms with Crippen LogP contribution >= 0.6 is 11.3 Å². The standard InChI is InChI=1S/C19H22N2O4S/c1-24-16-4-3-13(11-17(16)25-2)19(23)21-8-5-15(6-9-21)20-18(22)14-7-10-26-12-14/h3-4,7,10-12,15H,5-6,8-9H2,1-2H3,(H,20,22). The van der Waals surface area contributed by atoms with Gasteiger partial charge in [-0.2, -0.15) is 11.3 Å². The molecular formula is C19H22N2O4S. The van der Waals surface area contributed by atoms with Crippen molar-refractivity contribution in [3.63, 3.8) is 0 Å². The van der Waals surface area contributed by atoms with Gasteiger partial charge in [0, 0.05) is 35.6 Å². The molecule has 26 heavy (non-hydrogen) atoms. The molecule has 0 bridgehead atoms. The number of methoxy groups -OCH3 is 2. The minimum absolute atomic E-state index is 0.0337. The summed E-state index contributed by atoms with van der Waals surface area (Å²) < 4.78 is 10.5. The van der Waals surface area contributed by atoms with Crippen LogP contribution in [0.15, 0.2) is 35.0 Å². The fourth-order valence-corrected chi connectivity index (χ4v) is 3.68. The van der Waals surface area contributed by atoms with Gasteiger partial charge in [-0.3, -0.25) is 9.59 Å². The Kier molecular flexibility index (Phi) is 5.78. The number of ether oxygens (including phenoxy) is 2. The minimum atomic E-state index is -0.0454. The quantitative estimate of drug-likeness (QED) is 0.874. The molecule has 1 aromatic heterocycles. The van der Waals surface area contributed by atoms with Crippen molar-refractivity contribution in [1.29, 1.82) is 0 Å². The van der Waals surface area contributed by atoms with Crippen molar-refractivity contribution in [3.05, 3.63) is 46.2 Å². The van der Waals surface area contributed by atoms with E-state index in [1.807, 2.05) is 21.7 Å². The van der Waals surface area contributed by atoms with Crippen LogP contribution in [0.1, 0.15) is 33.6 Å². The van der Waals surface area contributed by atoms with E-state index in [1.54, 1.807) is 32.4 Å². The van der Waals surface area contributed by atoms with E-state index in [9.17, 15) is 9.59 Å². The fourth-order valence-electron chi connectivity index (χ4n) is 3.04. The molecule has 0 atom stereocenters. The number of piperidine rings is 1. The Morgan fingerprint density at radius 3 is 2.42 bits per heavy atom. The molecule has 1 aliphatic heterocycles. The van der Waals surface area contributed by atoms with Crippen molar-refractivity contribution in [1.82, 2.24) is 10.2 Å². The van der Waals surface area contributed by atoms with E-state index in [0.29, 0.717) is 35.7 Å². The Bertz CT molecular complexity index is 768. The smallest absolute Gasteiger partial charge is 0.253 e. The molecule has 6 nitrogen and oxygen atoms in total. The number of nitrogens with zero attached hydrogens (tertiary/aromatic N) is 1. The van der Waals surface area contributed by atoms with E-state index in [2.05, 4.69) is 5.32 Å². The lowest BCUT2D eigenvalue weighted by Gasteiger charge is -2.32. The van der Waals surface area contributed by atoms with Crippen LogP contribution in [0.2, 0.25) is 0 Å². The molecule has 7 heteroatoms. The maximum atomic E-state index is 12.7. The highest BCUT2D eigenvalue weighted by Crippen LogP contribution is 2.28. The lowest BCUT2D eigenvalue weighted by molar-refractivity contribution is 0.0697. The van der Waals surface area contributed by atoms with E-state index >= 15 is 0 Å². The zero-order valence-corrected chi connectivity index (χ0v) is 15.7. The number of rotatable bonds is 5. The van der Waals surface area contributed by atoms with Crippen LogP contribution in [0.4, 0.5) is 0 Å². The van der Waals surface area contributed by atoms with Crippen molar-refractivity contribution in [2.75, 3.05) is 27.3 Å². The average molecular weight is 374 g/mol. The number of carbonyl (C=O) groups excluding carboxylic acids is 2. The lowest BCUT2D eigenvalue weighted by atomic mass is 10.0. The highest BCUT2D eigenvalue weighted by molar-refractivity contribution is 7.08. The number of carbonyl (C=O) groups is 2. The first-order chi connectivity index (χ1) is 12.6. The van der Waals surface area contributed by atoms with Crippen LogP contribution < -0.4 is 14.8 Å². The zero-order chi connectivity index (χ0) is 18.5. The molecular weight excluding hydrogens is 352 g/mol. The molecule has 1 saturated heterocycles. The summed E-state index contributed by atoms with van der Waals surface area (Å²) in [6.07, 6.45) is 1.49. The normalized spacial score (nSPS) is 14.8. The zero-order valence-electron chi connectivity index (χ0n) is 14.9. The van der Waals surface area contributed by atoms with Crippen molar-refractivity contribution in [2.45, 2.75) is 18.9 Å². The molecule has 1 N–H and O–H groups in total. The molecule has 0 aliphatic carbocycles. The Balaban J connectivity index is 1.57. The predicted octanol–water partition coefficient (Wildman–Crippen LogP) is 2.80. The van der Waals surface area contributed by atoms with Crippen LogP contribution in [0.3, 0.4) is 0 Å². The number of hydrogen-bond donors (Lipinski definition) is 1. The van der Waals surface area contributed by atoms with Gasteiger partial charge in [0.05, 0.1) is 14.2 Å². The molecule has 1 aliphatic rings. The molecule has 2 amide bonds. The maximum absolute atomic E-state index is 12.7. The largest absolute Gasteiger partial charge is 0.493 e. The number of likely N-dealkylation sites (tertiary alicyclic amines) is 1. The van der Waals surface area contributed by atoms with Gasteiger partial charge >= 0.3 is 0 Å². The third-order valence-electron chi connectivity index (χ3n) is 4.53. The summed E-state index contributed by atoms with van der Waals surface area (Å²) >= 11 is 1.50. The van der Waals surface area contributed by atoms with Crippen LogP contribution in [-0.2, 0) is 0 Å². The highest BCUT2D eigenvalue weighted by atomic mass is 32.1. The molecule has 138 valence electrons. The van der Waals surface area contributed by atoms with Gasteiger partial charge < -0.3 is 19.7 Å². The summed E-state index contributed by atoms with van der Waals surface area (Å²) in [5.41, 5.74) is 1.27. The van der Waals surface area contributed by atoms with E-state index in [-0.39, 0.29) is 17.9 Å². The monoisotopic (exact) mass is 374 g/mol. The third kappa shape index (κ3) is 3.99. The van der Waals surface area contributed by atoms with Gasteiger partial charge in [-0.05, 0) is 42.5 Å². The van der Waals surface area contributed by atoms with Gasteiger partial charge in [0.15, 0.2) is 11.5 Å². The molecule has 1 aromatic carbocycles. The highest BCUT2D eigenvalue weighted by Gasteiger charge is 2.25. The molecule has 3 rings (SSSR count). The fraction of sp³-hybridized carbons (Fsp3) is 0.368. The Morgan fingerprint density at radius 1 is 1.08 bits per heavy atom. The topological polar surface area (TPSA) is 67.9 Å². The summed E-state index contributed by atoms with van der Waals surface area (Å²) in [7, 11) is 3.11. The van der Waals surface area contributed by atoms with Gasteiger partial charge in [0.1, 0.15) is 0 Å².